The predicted molar refractivity (Wildman–Crippen MR) is 82.7 cm³/mol. The first-order valence-corrected chi connectivity index (χ1v) is 7.34. The molecule has 1 unspecified atom stereocenters. The summed E-state index contributed by atoms with van der Waals surface area (Å²) in [6.45, 7) is 12.8. The Labute approximate surface area is 122 Å². The highest BCUT2D eigenvalue weighted by Crippen LogP contribution is 2.51. The molecule has 1 aromatic carbocycles. The van der Waals surface area contributed by atoms with Crippen molar-refractivity contribution in [2.75, 3.05) is 7.11 Å². The van der Waals surface area contributed by atoms with E-state index in [1.807, 2.05) is 13.8 Å². The van der Waals surface area contributed by atoms with Crippen molar-refractivity contribution >= 4 is 6.29 Å². The number of ether oxygens (including phenoxy) is 1. The Morgan fingerprint density at radius 2 is 2.00 bits per heavy atom. The Hall–Kier alpha value is -1.31. The molecule has 0 aromatic heterocycles. The molecule has 2 rings (SSSR count). The Kier molecular flexibility index (Phi) is 3.48. The molecule has 0 saturated carbocycles. The first-order chi connectivity index (χ1) is 9.16. The second-order valence-electron chi connectivity index (χ2n) is 7.30. The van der Waals surface area contributed by atoms with Gasteiger partial charge >= 0.3 is 0 Å². The number of methoxy groups -OCH3 is 1. The van der Waals surface area contributed by atoms with Crippen LogP contribution < -0.4 is 4.74 Å². The van der Waals surface area contributed by atoms with Crippen LogP contribution in [0.4, 0.5) is 0 Å². The van der Waals surface area contributed by atoms with Crippen LogP contribution in [0.3, 0.4) is 0 Å². The first-order valence-electron chi connectivity index (χ1n) is 7.34. The van der Waals surface area contributed by atoms with Crippen LogP contribution in [0.1, 0.15) is 56.9 Å². The van der Waals surface area contributed by atoms with Gasteiger partial charge in [0.2, 0.25) is 0 Å². The largest absolute Gasteiger partial charge is 0.496 e. The Bertz CT molecular complexity index is 553. The van der Waals surface area contributed by atoms with Gasteiger partial charge in [0.25, 0.3) is 0 Å². The van der Waals surface area contributed by atoms with Crippen molar-refractivity contribution in [3.63, 3.8) is 0 Å². The van der Waals surface area contributed by atoms with Crippen LogP contribution in [-0.4, -0.2) is 13.4 Å². The third-order valence-electron chi connectivity index (χ3n) is 5.11. The molecule has 0 radical (unpaired) electrons. The fourth-order valence-corrected chi connectivity index (χ4v) is 3.62. The van der Waals surface area contributed by atoms with Crippen LogP contribution in [0, 0.1) is 12.8 Å². The van der Waals surface area contributed by atoms with E-state index >= 15 is 0 Å². The summed E-state index contributed by atoms with van der Waals surface area (Å²) in [5, 5.41) is 0. The lowest BCUT2D eigenvalue weighted by atomic mass is 9.75. The number of carbonyl (C=O) groups excluding carboxylic acids is 1. The highest BCUT2D eigenvalue weighted by atomic mass is 16.5. The smallest absolute Gasteiger partial charge is 0.130 e. The van der Waals surface area contributed by atoms with E-state index in [1.165, 1.54) is 11.1 Å². The SMILES string of the molecule is COc1c(C(C)(C)C=O)c(C)cc2c1C(C)(C)C(C)C2. The zero-order valence-corrected chi connectivity index (χ0v) is 13.8. The van der Waals surface area contributed by atoms with E-state index in [9.17, 15) is 4.79 Å². The van der Waals surface area contributed by atoms with E-state index in [4.69, 9.17) is 4.74 Å². The molecule has 110 valence electrons. The van der Waals surface area contributed by atoms with Crippen LogP contribution in [0.25, 0.3) is 0 Å². The minimum Gasteiger partial charge on any atom is -0.496 e. The van der Waals surface area contributed by atoms with Gasteiger partial charge in [-0.2, -0.15) is 0 Å². The van der Waals surface area contributed by atoms with E-state index in [0.717, 1.165) is 29.6 Å². The molecule has 2 nitrogen and oxygen atoms in total. The lowest BCUT2D eigenvalue weighted by Gasteiger charge is -2.31. The molecular weight excluding hydrogens is 248 g/mol. The van der Waals surface area contributed by atoms with Gasteiger partial charge in [-0.25, -0.2) is 0 Å². The van der Waals surface area contributed by atoms with E-state index in [-0.39, 0.29) is 5.41 Å². The van der Waals surface area contributed by atoms with Crippen LogP contribution >= 0.6 is 0 Å². The molecule has 0 N–H and O–H groups in total. The molecule has 1 aromatic rings. The predicted octanol–water partition coefficient (Wildman–Crippen LogP) is 3.95. The Balaban J connectivity index is 2.82. The topological polar surface area (TPSA) is 26.3 Å². The summed E-state index contributed by atoms with van der Waals surface area (Å²) in [6, 6.07) is 2.25. The van der Waals surface area contributed by atoms with Crippen molar-refractivity contribution in [1.82, 2.24) is 0 Å². The molecule has 0 spiro atoms. The lowest BCUT2D eigenvalue weighted by Crippen LogP contribution is -2.26. The number of benzene rings is 1. The van der Waals surface area contributed by atoms with E-state index < -0.39 is 5.41 Å². The normalized spacial score (nSPS) is 20.6. The summed E-state index contributed by atoms with van der Waals surface area (Å²) in [6.07, 6.45) is 2.11. The van der Waals surface area contributed by atoms with Crippen molar-refractivity contribution in [3.05, 3.63) is 28.3 Å². The van der Waals surface area contributed by atoms with Crippen LogP contribution in [0.2, 0.25) is 0 Å². The molecule has 0 aliphatic heterocycles. The summed E-state index contributed by atoms with van der Waals surface area (Å²) in [5.41, 5.74) is 4.43. The second-order valence-corrected chi connectivity index (χ2v) is 7.30. The summed E-state index contributed by atoms with van der Waals surface area (Å²) in [5.74, 6) is 1.51. The number of aryl methyl sites for hydroxylation is 1. The van der Waals surface area contributed by atoms with Gasteiger partial charge in [-0.05, 0) is 49.7 Å². The summed E-state index contributed by atoms with van der Waals surface area (Å²) in [4.78, 5) is 11.5. The summed E-state index contributed by atoms with van der Waals surface area (Å²) < 4.78 is 5.78. The van der Waals surface area contributed by atoms with Crippen molar-refractivity contribution < 1.29 is 9.53 Å². The number of aldehydes is 1. The summed E-state index contributed by atoms with van der Waals surface area (Å²) in [7, 11) is 1.72. The van der Waals surface area contributed by atoms with Gasteiger partial charge in [-0.1, -0.05) is 26.8 Å². The van der Waals surface area contributed by atoms with E-state index in [0.29, 0.717) is 5.92 Å². The zero-order valence-electron chi connectivity index (χ0n) is 13.8. The van der Waals surface area contributed by atoms with Gasteiger partial charge in [0.15, 0.2) is 0 Å². The molecule has 0 heterocycles. The van der Waals surface area contributed by atoms with Crippen molar-refractivity contribution in [1.29, 1.82) is 0 Å². The zero-order chi connectivity index (χ0) is 15.3. The van der Waals surface area contributed by atoms with Gasteiger partial charge in [0.1, 0.15) is 12.0 Å². The number of carbonyl (C=O) groups is 1. The van der Waals surface area contributed by atoms with Gasteiger partial charge < -0.3 is 9.53 Å². The highest BCUT2D eigenvalue weighted by molar-refractivity contribution is 5.73. The third-order valence-corrected chi connectivity index (χ3v) is 5.11. The number of hydrogen-bond acceptors (Lipinski definition) is 2. The van der Waals surface area contributed by atoms with Crippen LogP contribution in [0.5, 0.6) is 5.75 Å². The molecular formula is C18H26O2. The summed E-state index contributed by atoms with van der Waals surface area (Å²) >= 11 is 0. The maximum atomic E-state index is 11.5. The van der Waals surface area contributed by atoms with Gasteiger partial charge in [-0.15, -0.1) is 0 Å². The van der Waals surface area contributed by atoms with E-state index in [1.54, 1.807) is 7.11 Å². The molecule has 0 saturated heterocycles. The van der Waals surface area contributed by atoms with Gasteiger partial charge in [0.05, 0.1) is 7.11 Å². The van der Waals surface area contributed by atoms with E-state index in [2.05, 4.69) is 33.8 Å². The molecule has 2 heteroatoms. The third kappa shape index (κ3) is 1.97. The van der Waals surface area contributed by atoms with Gasteiger partial charge in [0, 0.05) is 16.5 Å². The molecule has 1 atom stereocenters. The Morgan fingerprint density at radius 1 is 1.40 bits per heavy atom. The second kappa shape index (κ2) is 4.61. The number of rotatable bonds is 3. The average Bonchev–Trinajstić information content (AvgIpc) is 2.58. The molecule has 1 aliphatic rings. The molecule has 0 bridgehead atoms. The standard InChI is InChI=1S/C18H26O2/c1-11-8-13-9-12(2)18(5,6)15(13)16(20-7)14(11)17(3,4)10-19/h8,10,12H,9H2,1-7H3. The number of hydrogen-bond donors (Lipinski definition) is 0. The first kappa shape index (κ1) is 15.1. The minimum atomic E-state index is -0.521. The van der Waals surface area contributed by atoms with Crippen molar-refractivity contribution in [2.45, 2.75) is 58.8 Å². The molecule has 1 aliphatic carbocycles. The maximum absolute atomic E-state index is 11.5. The molecule has 0 fully saturated rings. The fourth-order valence-electron chi connectivity index (χ4n) is 3.62. The average molecular weight is 274 g/mol. The van der Waals surface area contributed by atoms with Crippen LogP contribution in [0.15, 0.2) is 6.07 Å². The minimum absolute atomic E-state index is 0.0854. The van der Waals surface area contributed by atoms with Crippen molar-refractivity contribution in [3.8, 4) is 5.75 Å². The molecule has 20 heavy (non-hydrogen) atoms. The monoisotopic (exact) mass is 274 g/mol. The number of fused-ring (bicyclic) bond motifs is 1. The Morgan fingerprint density at radius 3 is 2.50 bits per heavy atom. The lowest BCUT2D eigenvalue weighted by molar-refractivity contribution is -0.111. The quantitative estimate of drug-likeness (QED) is 0.780. The fraction of sp³-hybridized carbons (Fsp3) is 0.611. The van der Waals surface area contributed by atoms with Crippen LogP contribution in [-0.2, 0) is 22.0 Å². The van der Waals surface area contributed by atoms with Gasteiger partial charge in [-0.3, -0.25) is 0 Å². The maximum Gasteiger partial charge on any atom is 0.130 e. The van der Waals surface area contributed by atoms with Crippen molar-refractivity contribution in [2.24, 2.45) is 5.92 Å². The highest BCUT2D eigenvalue weighted by Gasteiger charge is 2.42. The molecule has 0 amide bonds.